The van der Waals surface area contributed by atoms with Gasteiger partial charge in [-0.1, -0.05) is 6.92 Å². The number of likely N-dealkylation sites (N-methyl/N-ethyl adjacent to an activating group) is 1. The summed E-state index contributed by atoms with van der Waals surface area (Å²) in [6, 6.07) is 0.245. The molecule has 88 valence electrons. The normalized spacial score (nSPS) is 23.1. The molecule has 1 fully saturated rings. The van der Waals surface area contributed by atoms with Gasteiger partial charge in [0.1, 0.15) is 5.54 Å². The number of carbonyl (C=O) groups is 1. The molecule has 0 aliphatic carbocycles. The second-order valence-corrected chi connectivity index (χ2v) is 4.52. The first-order chi connectivity index (χ1) is 7.00. The predicted octanol–water partition coefficient (Wildman–Crippen LogP) is 1.35. The fourth-order valence-corrected chi connectivity index (χ4v) is 2.20. The highest BCUT2D eigenvalue weighted by Gasteiger charge is 2.38. The highest BCUT2D eigenvalue weighted by Crippen LogP contribution is 2.22. The van der Waals surface area contributed by atoms with E-state index in [4.69, 9.17) is 4.74 Å². The first-order valence-corrected chi connectivity index (χ1v) is 5.58. The third kappa shape index (κ3) is 2.69. The second-order valence-electron chi connectivity index (χ2n) is 4.52. The summed E-state index contributed by atoms with van der Waals surface area (Å²) >= 11 is 0. The van der Waals surface area contributed by atoms with Gasteiger partial charge in [-0.2, -0.15) is 0 Å². The molecular formula is C11H21NO3. The quantitative estimate of drug-likeness (QED) is 0.769. The number of nitrogens with zero attached hydrogens (tertiary/aromatic N) is 1. The lowest BCUT2D eigenvalue weighted by Crippen LogP contribution is -2.56. The Morgan fingerprint density at radius 1 is 1.60 bits per heavy atom. The zero-order valence-electron chi connectivity index (χ0n) is 9.82. The molecule has 1 heterocycles. The van der Waals surface area contributed by atoms with Crippen LogP contribution in [-0.4, -0.2) is 47.3 Å². The number of carboxylic acid groups (broad SMARTS) is 1. The molecule has 1 unspecified atom stereocenters. The summed E-state index contributed by atoms with van der Waals surface area (Å²) in [6.07, 6.45) is 2.06. The van der Waals surface area contributed by atoms with E-state index in [0.717, 1.165) is 26.0 Å². The number of hydrogen-bond acceptors (Lipinski definition) is 3. The fraction of sp³-hybridized carbons (Fsp3) is 0.909. The van der Waals surface area contributed by atoms with E-state index in [1.54, 1.807) is 13.8 Å². The molecule has 1 saturated heterocycles. The Morgan fingerprint density at radius 2 is 2.27 bits per heavy atom. The first kappa shape index (κ1) is 12.5. The number of carboxylic acids is 1. The van der Waals surface area contributed by atoms with Crippen molar-refractivity contribution in [2.24, 2.45) is 0 Å². The van der Waals surface area contributed by atoms with Crippen molar-refractivity contribution in [1.82, 2.24) is 4.90 Å². The van der Waals surface area contributed by atoms with Gasteiger partial charge in [-0.25, -0.2) is 0 Å². The maximum absolute atomic E-state index is 11.2. The lowest BCUT2D eigenvalue weighted by molar-refractivity contribution is -0.152. The van der Waals surface area contributed by atoms with Gasteiger partial charge in [0, 0.05) is 12.6 Å². The number of rotatable bonds is 4. The first-order valence-electron chi connectivity index (χ1n) is 5.58. The van der Waals surface area contributed by atoms with Crippen molar-refractivity contribution in [1.29, 1.82) is 0 Å². The van der Waals surface area contributed by atoms with Gasteiger partial charge in [0.2, 0.25) is 0 Å². The van der Waals surface area contributed by atoms with Crippen molar-refractivity contribution in [3.8, 4) is 0 Å². The maximum atomic E-state index is 11.2. The molecular weight excluding hydrogens is 194 g/mol. The molecule has 1 aliphatic rings. The van der Waals surface area contributed by atoms with Crippen LogP contribution in [0.15, 0.2) is 0 Å². The van der Waals surface area contributed by atoms with Crippen LogP contribution in [0.4, 0.5) is 0 Å². The van der Waals surface area contributed by atoms with E-state index in [9.17, 15) is 9.90 Å². The molecule has 4 heteroatoms. The third-order valence-electron chi connectivity index (χ3n) is 3.16. The van der Waals surface area contributed by atoms with Gasteiger partial charge in [0.15, 0.2) is 0 Å². The Bertz CT molecular complexity index is 222. The molecule has 4 nitrogen and oxygen atoms in total. The van der Waals surface area contributed by atoms with E-state index in [0.29, 0.717) is 6.61 Å². The summed E-state index contributed by atoms with van der Waals surface area (Å²) in [5, 5.41) is 9.19. The fourth-order valence-electron chi connectivity index (χ4n) is 2.20. The Labute approximate surface area is 91.2 Å². The number of ether oxygens (including phenoxy) is 1. The van der Waals surface area contributed by atoms with Crippen molar-refractivity contribution in [2.45, 2.75) is 45.2 Å². The van der Waals surface area contributed by atoms with Crippen molar-refractivity contribution in [2.75, 3.05) is 19.8 Å². The molecule has 0 aromatic carbocycles. The minimum Gasteiger partial charge on any atom is -0.480 e. The predicted molar refractivity (Wildman–Crippen MR) is 57.9 cm³/mol. The van der Waals surface area contributed by atoms with Gasteiger partial charge in [-0.05, 0) is 33.2 Å². The summed E-state index contributed by atoms with van der Waals surface area (Å²) < 4.78 is 5.41. The standard InChI is InChI=1S/C11H21NO3/c1-4-12(11(2,3)10(13)14)9-6-5-7-15-8-9/h9H,4-8H2,1-3H3,(H,13,14). The van der Waals surface area contributed by atoms with Crippen LogP contribution >= 0.6 is 0 Å². The second kappa shape index (κ2) is 4.94. The van der Waals surface area contributed by atoms with Crippen molar-refractivity contribution < 1.29 is 14.6 Å². The Hall–Kier alpha value is -0.610. The maximum Gasteiger partial charge on any atom is 0.323 e. The molecule has 0 aromatic heterocycles. The Morgan fingerprint density at radius 3 is 2.67 bits per heavy atom. The highest BCUT2D eigenvalue weighted by atomic mass is 16.5. The molecule has 1 rings (SSSR count). The number of aliphatic carboxylic acids is 1. The lowest BCUT2D eigenvalue weighted by Gasteiger charge is -2.41. The summed E-state index contributed by atoms with van der Waals surface area (Å²) in [6.45, 7) is 7.72. The molecule has 0 amide bonds. The highest BCUT2D eigenvalue weighted by molar-refractivity contribution is 5.77. The van der Waals surface area contributed by atoms with Crippen LogP contribution in [0.5, 0.6) is 0 Å². The van der Waals surface area contributed by atoms with E-state index in [1.807, 2.05) is 11.8 Å². The molecule has 15 heavy (non-hydrogen) atoms. The van der Waals surface area contributed by atoms with Gasteiger partial charge in [-0.15, -0.1) is 0 Å². The van der Waals surface area contributed by atoms with Gasteiger partial charge < -0.3 is 9.84 Å². The van der Waals surface area contributed by atoms with E-state index in [1.165, 1.54) is 0 Å². The molecule has 0 spiro atoms. The van der Waals surface area contributed by atoms with E-state index in [-0.39, 0.29) is 6.04 Å². The van der Waals surface area contributed by atoms with Crippen LogP contribution in [0.1, 0.15) is 33.6 Å². The smallest absolute Gasteiger partial charge is 0.323 e. The molecule has 0 radical (unpaired) electrons. The van der Waals surface area contributed by atoms with Crippen molar-refractivity contribution in [3.05, 3.63) is 0 Å². The van der Waals surface area contributed by atoms with Gasteiger partial charge >= 0.3 is 5.97 Å². The number of hydrogen-bond donors (Lipinski definition) is 1. The average molecular weight is 215 g/mol. The van der Waals surface area contributed by atoms with Gasteiger partial charge in [-0.3, -0.25) is 9.69 Å². The van der Waals surface area contributed by atoms with E-state index < -0.39 is 11.5 Å². The Kier molecular flexibility index (Phi) is 4.11. The molecule has 1 N–H and O–H groups in total. The largest absolute Gasteiger partial charge is 0.480 e. The van der Waals surface area contributed by atoms with Gasteiger partial charge in [0.25, 0.3) is 0 Å². The van der Waals surface area contributed by atoms with Crippen LogP contribution < -0.4 is 0 Å². The SMILES string of the molecule is CCN(C1CCCOC1)C(C)(C)C(=O)O. The monoisotopic (exact) mass is 215 g/mol. The van der Waals surface area contributed by atoms with Gasteiger partial charge in [0.05, 0.1) is 6.61 Å². The minimum atomic E-state index is -0.805. The zero-order chi connectivity index (χ0) is 11.5. The summed E-state index contributed by atoms with van der Waals surface area (Å²) in [5.41, 5.74) is -0.805. The molecule has 1 aliphatic heterocycles. The van der Waals surface area contributed by atoms with Crippen LogP contribution in [0.2, 0.25) is 0 Å². The molecule has 1 atom stereocenters. The summed E-state index contributed by atoms with van der Waals surface area (Å²) in [5.74, 6) is -0.769. The van der Waals surface area contributed by atoms with Crippen LogP contribution in [-0.2, 0) is 9.53 Å². The summed E-state index contributed by atoms with van der Waals surface area (Å²) in [4.78, 5) is 13.2. The van der Waals surface area contributed by atoms with Crippen molar-refractivity contribution in [3.63, 3.8) is 0 Å². The average Bonchev–Trinajstić information content (AvgIpc) is 2.19. The minimum absolute atomic E-state index is 0.245. The lowest BCUT2D eigenvalue weighted by atomic mass is 9.97. The molecule has 0 bridgehead atoms. The Balaban J connectivity index is 2.72. The van der Waals surface area contributed by atoms with Crippen molar-refractivity contribution >= 4 is 5.97 Å². The molecule has 0 saturated carbocycles. The topological polar surface area (TPSA) is 49.8 Å². The van der Waals surface area contributed by atoms with E-state index in [2.05, 4.69) is 0 Å². The summed E-state index contributed by atoms with van der Waals surface area (Å²) in [7, 11) is 0. The van der Waals surface area contributed by atoms with Crippen LogP contribution in [0, 0.1) is 0 Å². The molecule has 0 aromatic rings. The van der Waals surface area contributed by atoms with Crippen LogP contribution in [0.3, 0.4) is 0 Å². The third-order valence-corrected chi connectivity index (χ3v) is 3.16. The van der Waals surface area contributed by atoms with E-state index >= 15 is 0 Å². The van der Waals surface area contributed by atoms with Crippen LogP contribution in [0.25, 0.3) is 0 Å². The zero-order valence-corrected chi connectivity index (χ0v) is 9.82.